The van der Waals surface area contributed by atoms with Crippen molar-refractivity contribution >= 4 is 21.8 Å². The highest BCUT2D eigenvalue weighted by Crippen LogP contribution is 2.28. The van der Waals surface area contributed by atoms with Crippen LogP contribution in [0.4, 0.5) is 0 Å². The predicted molar refractivity (Wildman–Crippen MR) is 62.6 cm³/mol. The van der Waals surface area contributed by atoms with Crippen LogP contribution in [0, 0.1) is 5.92 Å². The minimum atomic E-state index is 0.258. The average molecular weight is 262 g/mol. The van der Waals surface area contributed by atoms with Crippen LogP contribution >= 0.6 is 15.9 Å². The smallest absolute Gasteiger partial charge is 0.220 e. The lowest BCUT2D eigenvalue weighted by atomic mass is 9.83. The van der Waals surface area contributed by atoms with Crippen molar-refractivity contribution in [2.45, 2.75) is 44.9 Å². The van der Waals surface area contributed by atoms with Gasteiger partial charge in [0.2, 0.25) is 5.91 Å². The lowest BCUT2D eigenvalue weighted by Crippen LogP contribution is -2.28. The topological polar surface area (TPSA) is 29.1 Å². The first-order valence-corrected chi connectivity index (χ1v) is 6.77. The van der Waals surface area contributed by atoms with Crippen molar-refractivity contribution in [3.63, 3.8) is 0 Å². The number of amides is 1. The molecule has 0 radical (unpaired) electrons. The van der Waals surface area contributed by atoms with Crippen molar-refractivity contribution in [1.82, 2.24) is 5.32 Å². The Kier molecular flexibility index (Phi) is 6.24. The van der Waals surface area contributed by atoms with Gasteiger partial charge in [0.15, 0.2) is 0 Å². The molecular weight excluding hydrogens is 242 g/mol. The molecule has 1 aliphatic rings. The lowest BCUT2D eigenvalue weighted by molar-refractivity contribution is -0.122. The van der Waals surface area contributed by atoms with Crippen LogP contribution in [-0.2, 0) is 4.79 Å². The first kappa shape index (κ1) is 12.0. The zero-order valence-electron chi connectivity index (χ0n) is 8.73. The molecule has 0 unspecified atom stereocenters. The van der Waals surface area contributed by atoms with Crippen molar-refractivity contribution < 1.29 is 4.79 Å². The highest BCUT2D eigenvalue weighted by atomic mass is 79.9. The number of carbonyl (C=O) groups is 1. The highest BCUT2D eigenvalue weighted by molar-refractivity contribution is 9.09. The third-order valence-electron chi connectivity index (χ3n) is 2.83. The molecule has 0 bridgehead atoms. The van der Waals surface area contributed by atoms with Crippen molar-refractivity contribution in [1.29, 1.82) is 0 Å². The van der Waals surface area contributed by atoms with E-state index in [1.165, 1.54) is 32.1 Å². The molecule has 1 saturated carbocycles. The van der Waals surface area contributed by atoms with E-state index in [4.69, 9.17) is 0 Å². The van der Waals surface area contributed by atoms with Crippen molar-refractivity contribution in [2.75, 3.05) is 11.9 Å². The number of alkyl halides is 1. The summed E-state index contributed by atoms with van der Waals surface area (Å²) in [7, 11) is 0. The summed E-state index contributed by atoms with van der Waals surface area (Å²) in [5, 5.41) is 4.06. The summed E-state index contributed by atoms with van der Waals surface area (Å²) in [6.45, 7) is 0.860. The highest BCUT2D eigenvalue weighted by Gasteiger charge is 2.19. The summed E-state index contributed by atoms with van der Waals surface area (Å²) in [4.78, 5) is 11.4. The molecule has 0 aromatic heterocycles. The molecular formula is C11H20BrNO. The number of rotatable bonds is 7. The second-order valence-corrected chi connectivity index (χ2v) is 4.89. The molecule has 0 aromatic rings. The molecule has 1 aliphatic carbocycles. The maximum Gasteiger partial charge on any atom is 0.220 e. The molecule has 1 amide bonds. The molecule has 2 nitrogen and oxygen atoms in total. The van der Waals surface area contributed by atoms with Gasteiger partial charge in [-0.25, -0.2) is 0 Å². The van der Waals surface area contributed by atoms with Gasteiger partial charge in [-0.2, -0.15) is 0 Å². The summed E-state index contributed by atoms with van der Waals surface area (Å²) in [6, 6.07) is 0. The van der Waals surface area contributed by atoms with E-state index in [0.29, 0.717) is 5.92 Å². The van der Waals surface area contributed by atoms with Gasteiger partial charge in [-0.15, -0.1) is 0 Å². The monoisotopic (exact) mass is 261 g/mol. The van der Waals surface area contributed by atoms with E-state index in [2.05, 4.69) is 21.2 Å². The second-order valence-electron chi connectivity index (χ2n) is 4.10. The molecule has 1 N–H and O–H groups in total. The first-order valence-electron chi connectivity index (χ1n) is 5.65. The van der Waals surface area contributed by atoms with Gasteiger partial charge in [0.1, 0.15) is 0 Å². The summed E-state index contributed by atoms with van der Waals surface area (Å²) < 4.78 is 0. The van der Waals surface area contributed by atoms with Crippen LogP contribution in [0.3, 0.4) is 0 Å². The average Bonchev–Trinajstić information content (AvgIpc) is 2.11. The van der Waals surface area contributed by atoms with Gasteiger partial charge in [-0.05, 0) is 31.6 Å². The van der Waals surface area contributed by atoms with Crippen molar-refractivity contribution in [3.8, 4) is 0 Å². The minimum Gasteiger partial charge on any atom is -0.356 e. The maximum atomic E-state index is 11.4. The Hall–Kier alpha value is -0.0500. The van der Waals surface area contributed by atoms with E-state index in [1.54, 1.807) is 0 Å². The number of hydrogen-bond acceptors (Lipinski definition) is 1. The molecule has 0 spiro atoms. The van der Waals surface area contributed by atoms with Crippen LogP contribution in [-0.4, -0.2) is 17.8 Å². The van der Waals surface area contributed by atoms with Gasteiger partial charge in [0, 0.05) is 18.3 Å². The standard InChI is InChI=1S/C11H20BrNO/c12-7-2-1-3-8-13-11(14)9-10-5-4-6-10/h10H,1-9H2,(H,13,14). The minimum absolute atomic E-state index is 0.258. The van der Waals surface area contributed by atoms with Gasteiger partial charge in [0.25, 0.3) is 0 Å². The molecule has 0 aromatic carbocycles. The van der Waals surface area contributed by atoms with Gasteiger partial charge in [-0.3, -0.25) is 4.79 Å². The lowest BCUT2D eigenvalue weighted by Gasteiger charge is -2.24. The van der Waals surface area contributed by atoms with E-state index in [1.807, 2.05) is 0 Å². The second kappa shape index (κ2) is 7.27. The maximum absolute atomic E-state index is 11.4. The van der Waals surface area contributed by atoms with Gasteiger partial charge < -0.3 is 5.32 Å². The third kappa shape index (κ3) is 4.99. The summed E-state index contributed by atoms with van der Waals surface area (Å²) >= 11 is 3.39. The van der Waals surface area contributed by atoms with E-state index in [-0.39, 0.29) is 5.91 Å². The Bertz CT molecular complexity index is 169. The quantitative estimate of drug-likeness (QED) is 0.554. The normalized spacial score (nSPS) is 16.4. The SMILES string of the molecule is O=C(CC1CCC1)NCCCCCBr. The predicted octanol–water partition coefficient (Wildman–Crippen LogP) is 2.86. The number of nitrogens with one attached hydrogen (secondary N) is 1. The van der Waals surface area contributed by atoms with E-state index >= 15 is 0 Å². The number of carbonyl (C=O) groups excluding carboxylic acids is 1. The summed E-state index contributed by atoms with van der Waals surface area (Å²) in [6.07, 6.45) is 8.13. The zero-order valence-corrected chi connectivity index (χ0v) is 10.3. The first-order chi connectivity index (χ1) is 6.83. The Labute approximate surface area is 95.0 Å². The molecule has 0 saturated heterocycles. The Balaban J connectivity index is 1.87. The molecule has 82 valence electrons. The molecule has 0 atom stereocenters. The fourth-order valence-electron chi connectivity index (χ4n) is 1.66. The van der Waals surface area contributed by atoms with Crippen molar-refractivity contribution in [3.05, 3.63) is 0 Å². The number of halogens is 1. The van der Waals surface area contributed by atoms with Crippen LogP contribution in [0.25, 0.3) is 0 Å². The van der Waals surface area contributed by atoms with Crippen LogP contribution in [0.15, 0.2) is 0 Å². The van der Waals surface area contributed by atoms with Crippen molar-refractivity contribution in [2.24, 2.45) is 5.92 Å². The van der Waals surface area contributed by atoms with E-state index in [9.17, 15) is 4.79 Å². The zero-order chi connectivity index (χ0) is 10.2. The third-order valence-corrected chi connectivity index (χ3v) is 3.39. The summed E-state index contributed by atoms with van der Waals surface area (Å²) in [5.74, 6) is 0.950. The fourth-order valence-corrected chi connectivity index (χ4v) is 2.05. The van der Waals surface area contributed by atoms with Crippen LogP contribution in [0.5, 0.6) is 0 Å². The van der Waals surface area contributed by atoms with Gasteiger partial charge in [0.05, 0.1) is 0 Å². The fraction of sp³-hybridized carbons (Fsp3) is 0.909. The number of hydrogen-bond donors (Lipinski definition) is 1. The largest absolute Gasteiger partial charge is 0.356 e. The molecule has 0 aliphatic heterocycles. The number of unbranched alkanes of at least 4 members (excludes halogenated alkanes) is 2. The molecule has 1 rings (SSSR count). The van der Waals surface area contributed by atoms with E-state index < -0.39 is 0 Å². The molecule has 3 heteroatoms. The van der Waals surface area contributed by atoms with Crippen LogP contribution in [0.1, 0.15) is 44.9 Å². The van der Waals surface area contributed by atoms with Gasteiger partial charge in [-0.1, -0.05) is 28.8 Å². The van der Waals surface area contributed by atoms with Crippen LogP contribution < -0.4 is 5.32 Å². The van der Waals surface area contributed by atoms with Crippen LogP contribution in [0.2, 0.25) is 0 Å². The molecule has 14 heavy (non-hydrogen) atoms. The van der Waals surface area contributed by atoms with E-state index in [0.717, 1.165) is 24.7 Å². The summed E-state index contributed by atoms with van der Waals surface area (Å²) in [5.41, 5.74) is 0. The Morgan fingerprint density at radius 1 is 1.29 bits per heavy atom. The molecule has 0 heterocycles. The Morgan fingerprint density at radius 3 is 2.64 bits per heavy atom. The van der Waals surface area contributed by atoms with Gasteiger partial charge >= 0.3 is 0 Å². The Morgan fingerprint density at radius 2 is 2.07 bits per heavy atom. The molecule has 1 fully saturated rings.